The van der Waals surface area contributed by atoms with Gasteiger partial charge in [0.25, 0.3) is 0 Å². The number of carbonyl (C=O) groups is 1. The number of fused-ring (bicyclic) bond motifs is 1. The Morgan fingerprint density at radius 1 is 1.11 bits per heavy atom. The Morgan fingerprint density at radius 2 is 1.89 bits per heavy atom. The van der Waals surface area contributed by atoms with E-state index in [-0.39, 0.29) is 5.91 Å². The number of amides is 1. The summed E-state index contributed by atoms with van der Waals surface area (Å²) in [6, 6.07) is 11.3. The number of rotatable bonds is 1. The van der Waals surface area contributed by atoms with Crippen molar-refractivity contribution >= 4 is 40.5 Å². The summed E-state index contributed by atoms with van der Waals surface area (Å²) in [5.74, 6) is 0.0183. The number of aryl methyl sites for hydroxylation is 1. The SMILES string of the molecule is Cc1ccc2c(c1)CC(=O)N2c1cccc(Cl)c1Cl. The molecule has 2 nitrogen and oxygen atoms in total. The highest BCUT2D eigenvalue weighted by Gasteiger charge is 2.30. The van der Waals surface area contributed by atoms with Crippen LogP contribution in [0.1, 0.15) is 11.1 Å². The lowest BCUT2D eigenvalue weighted by Crippen LogP contribution is -2.21. The van der Waals surface area contributed by atoms with Crippen LogP contribution in [0.4, 0.5) is 11.4 Å². The highest BCUT2D eigenvalue weighted by molar-refractivity contribution is 6.44. The van der Waals surface area contributed by atoms with E-state index in [4.69, 9.17) is 23.2 Å². The van der Waals surface area contributed by atoms with Crippen LogP contribution in [0.5, 0.6) is 0 Å². The molecule has 0 saturated carbocycles. The molecule has 0 aliphatic carbocycles. The molecule has 1 amide bonds. The van der Waals surface area contributed by atoms with Gasteiger partial charge in [-0.25, -0.2) is 0 Å². The standard InChI is InChI=1S/C15H11Cl2NO/c1-9-5-6-12-10(7-9)8-14(19)18(12)13-4-2-3-11(16)15(13)17/h2-7H,8H2,1H3. The van der Waals surface area contributed by atoms with Crippen molar-refractivity contribution in [1.29, 1.82) is 0 Å². The number of nitrogens with zero attached hydrogens (tertiary/aromatic N) is 1. The molecule has 0 fully saturated rings. The van der Waals surface area contributed by atoms with E-state index in [0.717, 1.165) is 16.8 Å². The molecular weight excluding hydrogens is 281 g/mol. The molecule has 0 unspecified atom stereocenters. The summed E-state index contributed by atoms with van der Waals surface area (Å²) in [6.45, 7) is 2.01. The summed E-state index contributed by atoms with van der Waals surface area (Å²) in [5, 5.41) is 0.860. The van der Waals surface area contributed by atoms with E-state index < -0.39 is 0 Å². The smallest absolute Gasteiger partial charge is 0.236 e. The highest BCUT2D eigenvalue weighted by Crippen LogP contribution is 2.41. The fourth-order valence-electron chi connectivity index (χ4n) is 2.38. The van der Waals surface area contributed by atoms with Crippen LogP contribution in [0.3, 0.4) is 0 Å². The van der Waals surface area contributed by atoms with Gasteiger partial charge in [0.2, 0.25) is 5.91 Å². The Labute approximate surface area is 121 Å². The van der Waals surface area contributed by atoms with Gasteiger partial charge in [0.1, 0.15) is 0 Å². The van der Waals surface area contributed by atoms with Crippen LogP contribution in [-0.2, 0) is 11.2 Å². The fourth-order valence-corrected chi connectivity index (χ4v) is 2.76. The summed E-state index contributed by atoms with van der Waals surface area (Å²) in [6.07, 6.45) is 0.403. The minimum atomic E-state index is 0.0183. The molecule has 0 saturated heterocycles. The van der Waals surface area contributed by atoms with Gasteiger partial charge in [0.15, 0.2) is 0 Å². The van der Waals surface area contributed by atoms with Crippen LogP contribution < -0.4 is 4.90 Å². The van der Waals surface area contributed by atoms with Gasteiger partial charge < -0.3 is 0 Å². The average molecular weight is 292 g/mol. The largest absolute Gasteiger partial charge is 0.279 e. The third-order valence-corrected chi connectivity index (χ3v) is 4.05. The third kappa shape index (κ3) is 2.01. The second kappa shape index (κ2) is 4.55. The van der Waals surface area contributed by atoms with Gasteiger partial charge in [0.05, 0.1) is 27.8 Å². The van der Waals surface area contributed by atoms with Crippen LogP contribution in [-0.4, -0.2) is 5.91 Å². The Kier molecular flexibility index (Phi) is 3.00. The molecule has 0 radical (unpaired) electrons. The number of hydrogen-bond acceptors (Lipinski definition) is 1. The van der Waals surface area contributed by atoms with Crippen LogP contribution in [0, 0.1) is 6.92 Å². The maximum Gasteiger partial charge on any atom is 0.236 e. The third-order valence-electron chi connectivity index (χ3n) is 3.24. The average Bonchev–Trinajstić information content (AvgIpc) is 2.68. The van der Waals surface area contributed by atoms with E-state index >= 15 is 0 Å². The van der Waals surface area contributed by atoms with Crippen molar-refractivity contribution in [3.63, 3.8) is 0 Å². The van der Waals surface area contributed by atoms with Crippen molar-refractivity contribution in [2.75, 3.05) is 4.90 Å². The van der Waals surface area contributed by atoms with E-state index in [0.29, 0.717) is 22.2 Å². The maximum atomic E-state index is 12.2. The summed E-state index contributed by atoms with van der Waals surface area (Å²) in [5.41, 5.74) is 3.70. The normalized spacial score (nSPS) is 13.8. The van der Waals surface area contributed by atoms with Crippen LogP contribution in [0.2, 0.25) is 10.0 Å². The molecule has 1 aliphatic heterocycles. The predicted molar refractivity (Wildman–Crippen MR) is 78.5 cm³/mol. The molecule has 0 atom stereocenters. The Bertz CT molecular complexity index is 682. The Balaban J connectivity index is 2.17. The van der Waals surface area contributed by atoms with Crippen LogP contribution >= 0.6 is 23.2 Å². The van der Waals surface area contributed by atoms with Crippen molar-refractivity contribution in [2.24, 2.45) is 0 Å². The van der Waals surface area contributed by atoms with Gasteiger partial charge in [-0.1, -0.05) is 47.0 Å². The molecule has 2 aromatic rings. The number of anilines is 2. The van der Waals surface area contributed by atoms with E-state index in [9.17, 15) is 4.79 Å². The summed E-state index contributed by atoms with van der Waals surface area (Å²) in [7, 11) is 0. The molecule has 1 aliphatic rings. The first-order valence-electron chi connectivity index (χ1n) is 5.94. The first-order valence-corrected chi connectivity index (χ1v) is 6.70. The number of halogens is 2. The molecular formula is C15H11Cl2NO. The monoisotopic (exact) mass is 291 g/mol. The zero-order valence-electron chi connectivity index (χ0n) is 10.3. The second-order valence-corrected chi connectivity index (χ2v) is 5.40. The molecule has 2 aromatic carbocycles. The molecule has 4 heteroatoms. The number of hydrogen-bond donors (Lipinski definition) is 0. The lowest BCUT2D eigenvalue weighted by atomic mass is 10.1. The molecule has 1 heterocycles. The summed E-state index contributed by atoms with van der Waals surface area (Å²) < 4.78 is 0. The van der Waals surface area contributed by atoms with E-state index in [1.165, 1.54) is 0 Å². The Hall–Kier alpha value is -1.51. The molecule has 0 spiro atoms. The maximum absolute atomic E-state index is 12.2. The second-order valence-electron chi connectivity index (χ2n) is 4.61. The van der Waals surface area contributed by atoms with Crippen molar-refractivity contribution in [2.45, 2.75) is 13.3 Å². The molecule has 0 N–H and O–H groups in total. The van der Waals surface area contributed by atoms with E-state index in [1.807, 2.05) is 25.1 Å². The molecule has 0 bridgehead atoms. The van der Waals surface area contributed by atoms with Crippen molar-refractivity contribution in [3.05, 3.63) is 57.6 Å². The molecule has 0 aromatic heterocycles. The van der Waals surface area contributed by atoms with Crippen molar-refractivity contribution in [1.82, 2.24) is 0 Å². The van der Waals surface area contributed by atoms with Gasteiger partial charge >= 0.3 is 0 Å². The number of benzene rings is 2. The van der Waals surface area contributed by atoms with E-state index in [1.54, 1.807) is 23.1 Å². The molecule has 96 valence electrons. The fraction of sp³-hybridized carbons (Fsp3) is 0.133. The highest BCUT2D eigenvalue weighted by atomic mass is 35.5. The molecule has 3 rings (SSSR count). The van der Waals surface area contributed by atoms with E-state index in [2.05, 4.69) is 0 Å². The van der Waals surface area contributed by atoms with Crippen LogP contribution in [0.15, 0.2) is 36.4 Å². The zero-order valence-corrected chi connectivity index (χ0v) is 11.8. The van der Waals surface area contributed by atoms with Gasteiger partial charge in [0, 0.05) is 0 Å². The minimum Gasteiger partial charge on any atom is -0.279 e. The quantitative estimate of drug-likeness (QED) is 0.756. The first kappa shape index (κ1) is 12.5. The van der Waals surface area contributed by atoms with Gasteiger partial charge in [-0.15, -0.1) is 0 Å². The summed E-state index contributed by atoms with van der Waals surface area (Å²) >= 11 is 12.2. The molecule has 19 heavy (non-hydrogen) atoms. The predicted octanol–water partition coefficient (Wildman–Crippen LogP) is 4.52. The van der Waals surface area contributed by atoms with Crippen molar-refractivity contribution in [3.8, 4) is 0 Å². The summed E-state index contributed by atoms with van der Waals surface area (Å²) in [4.78, 5) is 13.9. The van der Waals surface area contributed by atoms with Gasteiger partial charge in [-0.3, -0.25) is 9.69 Å². The van der Waals surface area contributed by atoms with Gasteiger partial charge in [-0.2, -0.15) is 0 Å². The number of carbonyl (C=O) groups excluding carboxylic acids is 1. The lowest BCUT2D eigenvalue weighted by molar-refractivity contribution is -0.116. The minimum absolute atomic E-state index is 0.0183. The zero-order chi connectivity index (χ0) is 13.6. The van der Waals surface area contributed by atoms with Crippen molar-refractivity contribution < 1.29 is 4.79 Å². The lowest BCUT2D eigenvalue weighted by Gasteiger charge is -2.19. The van der Waals surface area contributed by atoms with Crippen LogP contribution in [0.25, 0.3) is 0 Å². The topological polar surface area (TPSA) is 20.3 Å². The van der Waals surface area contributed by atoms with Gasteiger partial charge in [-0.05, 0) is 30.7 Å². The Morgan fingerprint density at radius 3 is 2.68 bits per heavy atom. The first-order chi connectivity index (χ1) is 9.08.